The highest BCUT2D eigenvalue weighted by Gasteiger charge is 2.18. The molecule has 0 saturated heterocycles. The molecular weight excluding hydrogens is 542 g/mol. The summed E-state index contributed by atoms with van der Waals surface area (Å²) >= 11 is 1.70. The molecule has 1 aliphatic rings. The van der Waals surface area contributed by atoms with Gasteiger partial charge >= 0.3 is 5.97 Å². The molecule has 42 heavy (non-hydrogen) atoms. The van der Waals surface area contributed by atoms with E-state index in [0.29, 0.717) is 12.1 Å². The molecule has 7 heteroatoms. The lowest BCUT2D eigenvalue weighted by Crippen LogP contribution is -2.26. The van der Waals surface area contributed by atoms with E-state index in [0.717, 1.165) is 40.5 Å². The Morgan fingerprint density at radius 3 is 2.40 bits per heavy atom. The summed E-state index contributed by atoms with van der Waals surface area (Å²) < 4.78 is 0. The van der Waals surface area contributed by atoms with E-state index in [1.54, 1.807) is 23.5 Å². The van der Waals surface area contributed by atoms with Crippen LogP contribution in [0.25, 0.3) is 10.4 Å². The molecule has 0 bridgehead atoms. The minimum atomic E-state index is -0.933. The number of aliphatic carboxylic acids is 1. The van der Waals surface area contributed by atoms with Crippen LogP contribution in [-0.4, -0.2) is 28.5 Å². The number of hydrogen-bond acceptors (Lipinski definition) is 5. The highest BCUT2D eigenvalue weighted by molar-refractivity contribution is 7.19. The lowest BCUT2D eigenvalue weighted by Gasteiger charge is -2.25. The molecule has 3 aromatic carbocycles. The first-order chi connectivity index (χ1) is 20.5. The number of aromatic nitrogens is 1. The van der Waals surface area contributed by atoms with Crippen molar-refractivity contribution in [1.29, 1.82) is 0 Å². The number of carbonyl (C=O) groups excluding carboxylic acids is 1. The number of amides is 1. The monoisotopic (exact) mass is 581 g/mol. The highest BCUT2D eigenvalue weighted by atomic mass is 32.1. The molecule has 6 nitrogen and oxygen atoms in total. The second kappa shape index (κ2) is 14.3. The molecule has 1 aromatic heterocycles. The number of fused-ring (bicyclic) bond motifs is 1. The van der Waals surface area contributed by atoms with Crippen molar-refractivity contribution in [2.45, 2.75) is 71.3 Å². The van der Waals surface area contributed by atoms with Crippen LogP contribution in [0, 0.1) is 0 Å². The van der Waals surface area contributed by atoms with Gasteiger partial charge in [0.15, 0.2) is 5.13 Å². The maximum Gasteiger partial charge on any atom is 0.305 e. The van der Waals surface area contributed by atoms with Crippen LogP contribution < -0.4 is 10.2 Å². The fourth-order valence-corrected chi connectivity index (χ4v) is 6.37. The Bertz CT molecular complexity index is 1490. The summed E-state index contributed by atoms with van der Waals surface area (Å²) in [5.41, 5.74) is 8.13. The summed E-state index contributed by atoms with van der Waals surface area (Å²) in [5.74, 6) is -1.20. The molecule has 1 aliphatic carbocycles. The standard InChI is InChI=1S/C35H39N3O3S/c1-2-3-4-7-25-10-14-28(15-11-25)32-23-37-35(42-32)38(31-19-18-27-8-5-6-9-30(27)22-31)24-26-12-16-29(17-13-26)34(41)36-21-20-33(39)40/h10-19,22-23H,2-9,20-21,24H2,1H3,(H,36,41)(H,39,40). The fourth-order valence-electron chi connectivity index (χ4n) is 5.42. The van der Waals surface area contributed by atoms with Crippen LogP contribution in [0.3, 0.4) is 0 Å². The molecule has 0 unspecified atom stereocenters. The lowest BCUT2D eigenvalue weighted by atomic mass is 9.91. The van der Waals surface area contributed by atoms with Gasteiger partial charge in [0.2, 0.25) is 0 Å². The van der Waals surface area contributed by atoms with Crippen molar-refractivity contribution in [3.8, 4) is 10.4 Å². The number of rotatable bonds is 13. The first-order valence-corrected chi connectivity index (χ1v) is 15.8. The predicted octanol–water partition coefficient (Wildman–Crippen LogP) is 7.96. The van der Waals surface area contributed by atoms with Crippen molar-refractivity contribution in [3.05, 3.63) is 101 Å². The van der Waals surface area contributed by atoms with Gasteiger partial charge in [-0.1, -0.05) is 73.6 Å². The van der Waals surface area contributed by atoms with Crippen LogP contribution in [0.4, 0.5) is 10.8 Å². The SMILES string of the molecule is CCCCCc1ccc(-c2cnc(N(Cc3ccc(C(=O)NCCC(=O)O)cc3)c3ccc4c(c3)CCCC4)s2)cc1. The highest BCUT2D eigenvalue weighted by Crippen LogP contribution is 2.37. The summed E-state index contributed by atoms with van der Waals surface area (Å²) in [7, 11) is 0. The molecule has 5 rings (SSSR count). The van der Waals surface area contributed by atoms with Gasteiger partial charge in [0.05, 0.1) is 17.8 Å². The topological polar surface area (TPSA) is 82.5 Å². The van der Waals surface area contributed by atoms with E-state index >= 15 is 0 Å². The normalized spacial score (nSPS) is 12.5. The maximum atomic E-state index is 12.4. The molecule has 0 saturated carbocycles. The second-order valence-electron chi connectivity index (χ2n) is 11.0. The van der Waals surface area contributed by atoms with Gasteiger partial charge in [-0.15, -0.1) is 0 Å². The van der Waals surface area contributed by atoms with Crippen molar-refractivity contribution in [3.63, 3.8) is 0 Å². The zero-order chi connectivity index (χ0) is 29.3. The summed E-state index contributed by atoms with van der Waals surface area (Å²) in [6, 6.07) is 23.2. The smallest absolute Gasteiger partial charge is 0.305 e. The number of aryl methyl sites for hydroxylation is 3. The van der Waals surface area contributed by atoms with Crippen LogP contribution in [0.15, 0.2) is 72.9 Å². The first-order valence-electron chi connectivity index (χ1n) is 15.0. The van der Waals surface area contributed by atoms with E-state index in [1.165, 1.54) is 54.4 Å². The van der Waals surface area contributed by atoms with Gasteiger partial charge in [-0.2, -0.15) is 0 Å². The Morgan fingerprint density at radius 1 is 0.929 bits per heavy atom. The zero-order valence-corrected chi connectivity index (χ0v) is 25.1. The Morgan fingerprint density at radius 2 is 1.67 bits per heavy atom. The number of carboxylic acid groups (broad SMARTS) is 1. The number of carbonyl (C=O) groups is 2. The first kappa shape index (κ1) is 29.5. The number of hydrogen-bond donors (Lipinski definition) is 2. The fraction of sp³-hybridized carbons (Fsp3) is 0.343. The van der Waals surface area contributed by atoms with E-state index in [4.69, 9.17) is 10.1 Å². The van der Waals surface area contributed by atoms with Crippen LogP contribution in [-0.2, 0) is 30.6 Å². The van der Waals surface area contributed by atoms with Crippen molar-refractivity contribution < 1.29 is 14.7 Å². The van der Waals surface area contributed by atoms with E-state index in [-0.39, 0.29) is 18.9 Å². The third-order valence-corrected chi connectivity index (χ3v) is 8.93. The number of carboxylic acids is 1. The molecule has 0 radical (unpaired) electrons. The van der Waals surface area contributed by atoms with E-state index in [2.05, 4.69) is 59.6 Å². The number of nitrogens with one attached hydrogen (secondary N) is 1. The molecule has 2 N–H and O–H groups in total. The van der Waals surface area contributed by atoms with E-state index in [1.807, 2.05) is 18.3 Å². The van der Waals surface area contributed by atoms with Crippen molar-refractivity contribution in [1.82, 2.24) is 10.3 Å². The van der Waals surface area contributed by atoms with Gasteiger partial charge in [0.25, 0.3) is 5.91 Å². The van der Waals surface area contributed by atoms with Gasteiger partial charge in [0, 0.05) is 24.0 Å². The Hall–Kier alpha value is -3.97. The van der Waals surface area contributed by atoms with Crippen LogP contribution in [0.2, 0.25) is 0 Å². The molecule has 1 amide bonds. The van der Waals surface area contributed by atoms with Crippen LogP contribution >= 0.6 is 11.3 Å². The van der Waals surface area contributed by atoms with Gasteiger partial charge in [0.1, 0.15) is 0 Å². The third kappa shape index (κ3) is 7.65. The van der Waals surface area contributed by atoms with Crippen molar-refractivity contribution >= 4 is 34.0 Å². The predicted molar refractivity (Wildman–Crippen MR) is 171 cm³/mol. The largest absolute Gasteiger partial charge is 0.481 e. The van der Waals surface area contributed by atoms with Crippen molar-refractivity contribution in [2.75, 3.05) is 11.4 Å². The number of unbranched alkanes of at least 4 members (excludes halogenated alkanes) is 2. The number of thiazole rings is 1. The molecule has 0 fully saturated rings. The lowest BCUT2D eigenvalue weighted by molar-refractivity contribution is -0.136. The number of benzene rings is 3. The summed E-state index contributed by atoms with van der Waals surface area (Å²) in [4.78, 5) is 31.5. The van der Waals surface area contributed by atoms with Crippen molar-refractivity contribution in [2.24, 2.45) is 0 Å². The quantitative estimate of drug-likeness (QED) is 0.157. The summed E-state index contributed by atoms with van der Waals surface area (Å²) in [5, 5.41) is 12.4. The average Bonchev–Trinajstić information content (AvgIpc) is 3.50. The number of nitrogens with zero attached hydrogens (tertiary/aromatic N) is 2. The second-order valence-corrected chi connectivity index (χ2v) is 12.0. The molecule has 0 spiro atoms. The minimum absolute atomic E-state index is 0.0987. The third-order valence-electron chi connectivity index (χ3n) is 7.86. The maximum absolute atomic E-state index is 12.4. The molecular formula is C35H39N3O3S. The molecule has 1 heterocycles. The summed E-state index contributed by atoms with van der Waals surface area (Å²) in [6.45, 7) is 2.96. The number of anilines is 2. The zero-order valence-electron chi connectivity index (χ0n) is 24.3. The molecule has 4 aromatic rings. The molecule has 0 aliphatic heterocycles. The van der Waals surface area contributed by atoms with Gasteiger partial charge in [-0.3, -0.25) is 9.59 Å². The Labute approximate surface area is 252 Å². The van der Waals surface area contributed by atoms with Gasteiger partial charge < -0.3 is 15.3 Å². The van der Waals surface area contributed by atoms with Gasteiger partial charge in [-0.05, 0) is 90.6 Å². The minimum Gasteiger partial charge on any atom is -0.481 e. The molecule has 218 valence electrons. The Balaban J connectivity index is 1.37. The molecule has 0 atom stereocenters. The average molecular weight is 582 g/mol. The van der Waals surface area contributed by atoms with E-state index < -0.39 is 5.97 Å². The van der Waals surface area contributed by atoms with Crippen LogP contribution in [0.5, 0.6) is 0 Å². The van der Waals surface area contributed by atoms with Gasteiger partial charge in [-0.25, -0.2) is 4.98 Å². The van der Waals surface area contributed by atoms with Crippen LogP contribution in [0.1, 0.15) is 78.1 Å². The Kier molecular flexibility index (Phi) is 10.0. The van der Waals surface area contributed by atoms with E-state index in [9.17, 15) is 9.59 Å². The summed E-state index contributed by atoms with van der Waals surface area (Å²) in [6.07, 6.45) is 11.4.